The molecule has 0 aromatic heterocycles. The number of carbonyl (C=O) groups excluding carboxylic acids is 1. The highest BCUT2D eigenvalue weighted by Gasteiger charge is 2.02. The van der Waals surface area contributed by atoms with Crippen molar-refractivity contribution in [2.24, 2.45) is 0 Å². The summed E-state index contributed by atoms with van der Waals surface area (Å²) in [6, 6.07) is 14.4. The van der Waals surface area contributed by atoms with Crippen molar-refractivity contribution in [3.63, 3.8) is 0 Å². The standard InChI is InChI=1S/C15H17NO2/c17-10-9-16-15(18)8-6-12-5-7-13-3-1-2-4-14(13)11-12/h1-5,7,11,17H,6,8-10H2,(H,16,18). The van der Waals surface area contributed by atoms with Crippen LogP contribution in [0.15, 0.2) is 42.5 Å². The fourth-order valence-electron chi connectivity index (χ4n) is 1.94. The summed E-state index contributed by atoms with van der Waals surface area (Å²) >= 11 is 0. The molecule has 0 heterocycles. The van der Waals surface area contributed by atoms with Crippen LogP contribution in [0.5, 0.6) is 0 Å². The molecule has 0 aliphatic carbocycles. The van der Waals surface area contributed by atoms with Crippen LogP contribution in [0.4, 0.5) is 0 Å². The Bertz CT molecular complexity index is 537. The maximum absolute atomic E-state index is 11.4. The number of hydrogen-bond donors (Lipinski definition) is 2. The van der Waals surface area contributed by atoms with Gasteiger partial charge in [0.2, 0.25) is 5.91 Å². The van der Waals surface area contributed by atoms with Crippen LogP contribution in [0.25, 0.3) is 10.8 Å². The molecule has 0 fully saturated rings. The van der Waals surface area contributed by atoms with Crippen LogP contribution in [-0.4, -0.2) is 24.2 Å². The summed E-state index contributed by atoms with van der Waals surface area (Å²) in [6.07, 6.45) is 1.18. The highest BCUT2D eigenvalue weighted by atomic mass is 16.3. The number of nitrogens with one attached hydrogen (secondary N) is 1. The first-order chi connectivity index (χ1) is 8.79. The van der Waals surface area contributed by atoms with Crippen LogP contribution in [0, 0.1) is 0 Å². The average molecular weight is 243 g/mol. The van der Waals surface area contributed by atoms with Crippen molar-refractivity contribution in [2.75, 3.05) is 13.2 Å². The van der Waals surface area contributed by atoms with E-state index in [9.17, 15) is 4.79 Å². The zero-order valence-electron chi connectivity index (χ0n) is 10.2. The summed E-state index contributed by atoms with van der Waals surface area (Å²) in [7, 11) is 0. The third-order valence-corrected chi connectivity index (χ3v) is 2.89. The van der Waals surface area contributed by atoms with Gasteiger partial charge in [-0.05, 0) is 22.8 Å². The number of hydrogen-bond acceptors (Lipinski definition) is 2. The molecule has 2 aromatic rings. The Balaban J connectivity index is 1.97. The maximum atomic E-state index is 11.4. The zero-order chi connectivity index (χ0) is 12.8. The molecule has 0 saturated carbocycles. The summed E-state index contributed by atoms with van der Waals surface area (Å²) < 4.78 is 0. The van der Waals surface area contributed by atoms with E-state index in [1.54, 1.807) is 0 Å². The summed E-state index contributed by atoms with van der Waals surface area (Å²) in [5.41, 5.74) is 1.16. The van der Waals surface area contributed by atoms with Gasteiger partial charge in [-0.3, -0.25) is 4.79 Å². The molecule has 0 bridgehead atoms. The maximum Gasteiger partial charge on any atom is 0.220 e. The highest BCUT2D eigenvalue weighted by molar-refractivity contribution is 5.83. The Morgan fingerprint density at radius 3 is 2.67 bits per heavy atom. The molecule has 3 heteroatoms. The molecule has 0 unspecified atom stereocenters. The molecular formula is C15H17NO2. The Labute approximate surface area is 106 Å². The van der Waals surface area contributed by atoms with E-state index >= 15 is 0 Å². The lowest BCUT2D eigenvalue weighted by Crippen LogP contribution is -2.26. The molecule has 0 atom stereocenters. The van der Waals surface area contributed by atoms with E-state index in [1.165, 1.54) is 10.8 Å². The monoisotopic (exact) mass is 243 g/mol. The van der Waals surface area contributed by atoms with Gasteiger partial charge in [0.05, 0.1) is 6.61 Å². The van der Waals surface area contributed by atoms with Gasteiger partial charge in [0.25, 0.3) is 0 Å². The zero-order valence-corrected chi connectivity index (χ0v) is 10.2. The number of amides is 1. The van der Waals surface area contributed by atoms with E-state index in [0.29, 0.717) is 13.0 Å². The molecule has 0 saturated heterocycles. The van der Waals surface area contributed by atoms with Gasteiger partial charge < -0.3 is 10.4 Å². The molecule has 2 N–H and O–H groups in total. The highest BCUT2D eigenvalue weighted by Crippen LogP contribution is 2.16. The number of aryl methyl sites for hydroxylation is 1. The van der Waals surface area contributed by atoms with Gasteiger partial charge in [0, 0.05) is 13.0 Å². The molecule has 2 rings (SSSR count). The molecule has 3 nitrogen and oxygen atoms in total. The van der Waals surface area contributed by atoms with Gasteiger partial charge in [-0.1, -0.05) is 42.5 Å². The van der Waals surface area contributed by atoms with Gasteiger partial charge >= 0.3 is 0 Å². The summed E-state index contributed by atoms with van der Waals surface area (Å²) in [5, 5.41) is 13.7. The lowest BCUT2D eigenvalue weighted by atomic mass is 10.0. The predicted octanol–water partition coefficient (Wildman–Crippen LogP) is 1.88. The molecule has 1 amide bonds. The number of rotatable bonds is 5. The van der Waals surface area contributed by atoms with E-state index in [4.69, 9.17) is 5.11 Å². The van der Waals surface area contributed by atoms with Crippen molar-refractivity contribution in [1.82, 2.24) is 5.32 Å². The number of aliphatic hydroxyl groups is 1. The minimum atomic E-state index is -0.0165. The number of benzene rings is 2. The van der Waals surface area contributed by atoms with Crippen LogP contribution in [0.2, 0.25) is 0 Å². The van der Waals surface area contributed by atoms with E-state index in [1.807, 2.05) is 12.1 Å². The van der Waals surface area contributed by atoms with Crippen molar-refractivity contribution >= 4 is 16.7 Å². The second-order valence-corrected chi connectivity index (χ2v) is 4.26. The minimum absolute atomic E-state index is 0.0122. The molecule has 0 radical (unpaired) electrons. The number of fused-ring (bicyclic) bond motifs is 1. The third-order valence-electron chi connectivity index (χ3n) is 2.89. The van der Waals surface area contributed by atoms with Crippen molar-refractivity contribution in [1.29, 1.82) is 0 Å². The van der Waals surface area contributed by atoms with E-state index < -0.39 is 0 Å². The van der Waals surface area contributed by atoms with E-state index in [2.05, 4.69) is 35.6 Å². The van der Waals surface area contributed by atoms with Crippen molar-refractivity contribution in [3.05, 3.63) is 48.0 Å². The Kier molecular flexibility index (Phi) is 4.31. The first kappa shape index (κ1) is 12.6. The summed E-state index contributed by atoms with van der Waals surface area (Å²) in [5.74, 6) is -0.0165. The van der Waals surface area contributed by atoms with Gasteiger partial charge in [-0.15, -0.1) is 0 Å². The predicted molar refractivity (Wildman–Crippen MR) is 72.4 cm³/mol. The molecule has 18 heavy (non-hydrogen) atoms. The molecule has 0 aliphatic heterocycles. The van der Waals surface area contributed by atoms with Gasteiger partial charge in [0.15, 0.2) is 0 Å². The van der Waals surface area contributed by atoms with Gasteiger partial charge in [-0.2, -0.15) is 0 Å². The second kappa shape index (κ2) is 6.17. The Morgan fingerprint density at radius 1 is 1.11 bits per heavy atom. The van der Waals surface area contributed by atoms with Crippen LogP contribution in [0.3, 0.4) is 0 Å². The fraction of sp³-hybridized carbons (Fsp3) is 0.267. The van der Waals surface area contributed by atoms with E-state index in [0.717, 1.165) is 12.0 Å². The van der Waals surface area contributed by atoms with Crippen molar-refractivity contribution in [3.8, 4) is 0 Å². The van der Waals surface area contributed by atoms with Crippen LogP contribution >= 0.6 is 0 Å². The topological polar surface area (TPSA) is 49.3 Å². The first-order valence-corrected chi connectivity index (χ1v) is 6.15. The Morgan fingerprint density at radius 2 is 1.89 bits per heavy atom. The smallest absolute Gasteiger partial charge is 0.220 e. The molecule has 0 spiro atoms. The summed E-state index contributed by atoms with van der Waals surface area (Å²) in [6.45, 7) is 0.318. The summed E-state index contributed by atoms with van der Waals surface area (Å²) in [4.78, 5) is 11.4. The number of aliphatic hydroxyl groups excluding tert-OH is 1. The normalized spacial score (nSPS) is 10.5. The Hall–Kier alpha value is -1.87. The van der Waals surface area contributed by atoms with Gasteiger partial charge in [0.1, 0.15) is 0 Å². The van der Waals surface area contributed by atoms with Crippen LogP contribution in [0.1, 0.15) is 12.0 Å². The van der Waals surface area contributed by atoms with Crippen LogP contribution in [-0.2, 0) is 11.2 Å². The quantitative estimate of drug-likeness (QED) is 0.842. The lowest BCUT2D eigenvalue weighted by molar-refractivity contribution is -0.121. The van der Waals surface area contributed by atoms with E-state index in [-0.39, 0.29) is 12.5 Å². The van der Waals surface area contributed by atoms with Crippen molar-refractivity contribution in [2.45, 2.75) is 12.8 Å². The SMILES string of the molecule is O=C(CCc1ccc2ccccc2c1)NCCO. The molecule has 2 aromatic carbocycles. The lowest BCUT2D eigenvalue weighted by Gasteiger charge is -2.05. The second-order valence-electron chi connectivity index (χ2n) is 4.26. The molecule has 0 aliphatic rings. The van der Waals surface area contributed by atoms with Gasteiger partial charge in [-0.25, -0.2) is 0 Å². The van der Waals surface area contributed by atoms with Crippen molar-refractivity contribution < 1.29 is 9.90 Å². The molecular weight excluding hydrogens is 226 g/mol. The van der Waals surface area contributed by atoms with Crippen LogP contribution < -0.4 is 5.32 Å². The largest absolute Gasteiger partial charge is 0.395 e. The number of carbonyl (C=O) groups is 1. The first-order valence-electron chi connectivity index (χ1n) is 6.15. The third kappa shape index (κ3) is 3.31. The average Bonchev–Trinajstić information content (AvgIpc) is 2.42. The fourth-order valence-corrected chi connectivity index (χ4v) is 1.94. The molecule has 94 valence electrons. The minimum Gasteiger partial charge on any atom is -0.395 e.